The molecule has 1 heterocycles. The van der Waals surface area contributed by atoms with Crippen molar-refractivity contribution < 1.29 is 9.52 Å². The van der Waals surface area contributed by atoms with Gasteiger partial charge in [-0.1, -0.05) is 43.7 Å². The highest BCUT2D eigenvalue weighted by Gasteiger charge is 2.36. The van der Waals surface area contributed by atoms with Gasteiger partial charge in [0, 0.05) is 0 Å². The molecule has 0 bridgehead atoms. The number of benzene rings is 1. The van der Waals surface area contributed by atoms with Crippen LogP contribution in [0.5, 0.6) is 0 Å². The van der Waals surface area contributed by atoms with Crippen molar-refractivity contribution in [3.8, 4) is 0 Å². The van der Waals surface area contributed by atoms with Crippen molar-refractivity contribution in [3.05, 3.63) is 47.2 Å². The lowest BCUT2D eigenvalue weighted by molar-refractivity contribution is 0.126. The van der Waals surface area contributed by atoms with Crippen LogP contribution in [0.15, 0.2) is 28.7 Å². The zero-order valence-corrected chi connectivity index (χ0v) is 12.1. The Balaban J connectivity index is 2.21. The summed E-state index contributed by atoms with van der Waals surface area (Å²) >= 11 is 0. The third-order valence-electron chi connectivity index (χ3n) is 3.59. The Kier molecular flexibility index (Phi) is 4.20. The van der Waals surface area contributed by atoms with Crippen LogP contribution in [-0.2, 0) is 12.0 Å². The Morgan fingerprint density at radius 2 is 2.10 bits per heavy atom. The number of rotatable bonds is 5. The van der Waals surface area contributed by atoms with Gasteiger partial charge in [0.05, 0.1) is 13.0 Å². The molecule has 1 atom stereocenters. The van der Waals surface area contributed by atoms with Crippen molar-refractivity contribution in [1.29, 1.82) is 0 Å². The first-order valence-corrected chi connectivity index (χ1v) is 6.74. The second-order valence-corrected chi connectivity index (χ2v) is 5.52. The first-order chi connectivity index (χ1) is 9.45. The minimum absolute atomic E-state index is 0.000213. The van der Waals surface area contributed by atoms with Gasteiger partial charge >= 0.3 is 0 Å². The van der Waals surface area contributed by atoms with Crippen LogP contribution < -0.4 is 5.73 Å². The standard InChI is InChI=1S/C15H21N3O2/c1-10(2)15(16,9-19)14-18-17-13(20-14)8-12-6-4-5-11(3)7-12/h4-7,10,19H,8-9,16H2,1-3H3. The Hall–Kier alpha value is -1.72. The minimum atomic E-state index is -0.988. The summed E-state index contributed by atoms with van der Waals surface area (Å²) in [6.07, 6.45) is 0.564. The smallest absolute Gasteiger partial charge is 0.238 e. The predicted molar refractivity (Wildman–Crippen MR) is 76.1 cm³/mol. The van der Waals surface area contributed by atoms with Crippen LogP contribution >= 0.6 is 0 Å². The Morgan fingerprint density at radius 1 is 1.35 bits per heavy atom. The molecule has 1 unspecified atom stereocenters. The maximum Gasteiger partial charge on any atom is 0.238 e. The van der Waals surface area contributed by atoms with Crippen LogP contribution in [0.2, 0.25) is 0 Å². The van der Waals surface area contributed by atoms with E-state index >= 15 is 0 Å². The Morgan fingerprint density at radius 3 is 2.70 bits per heavy atom. The van der Waals surface area contributed by atoms with E-state index in [1.807, 2.05) is 39.0 Å². The highest BCUT2D eigenvalue weighted by atomic mass is 16.4. The van der Waals surface area contributed by atoms with Crippen LogP contribution in [-0.4, -0.2) is 21.9 Å². The highest BCUT2D eigenvalue weighted by molar-refractivity contribution is 5.24. The summed E-state index contributed by atoms with van der Waals surface area (Å²) in [6, 6.07) is 8.13. The van der Waals surface area contributed by atoms with Crippen LogP contribution in [0.1, 0.15) is 36.8 Å². The predicted octanol–water partition coefficient (Wildman–Crippen LogP) is 1.77. The molecule has 5 nitrogen and oxygen atoms in total. The van der Waals surface area contributed by atoms with Crippen molar-refractivity contribution in [1.82, 2.24) is 10.2 Å². The van der Waals surface area contributed by atoms with E-state index in [0.717, 1.165) is 5.56 Å². The lowest BCUT2D eigenvalue weighted by Gasteiger charge is -2.27. The maximum absolute atomic E-state index is 9.49. The molecule has 5 heteroatoms. The van der Waals surface area contributed by atoms with E-state index in [2.05, 4.69) is 16.3 Å². The van der Waals surface area contributed by atoms with Crippen molar-refractivity contribution in [2.24, 2.45) is 11.7 Å². The van der Waals surface area contributed by atoms with E-state index in [1.54, 1.807) is 0 Å². The molecule has 0 amide bonds. The molecule has 2 rings (SSSR count). The highest BCUT2D eigenvalue weighted by Crippen LogP contribution is 2.25. The van der Waals surface area contributed by atoms with Crippen LogP contribution in [0.3, 0.4) is 0 Å². The van der Waals surface area contributed by atoms with Crippen LogP contribution in [0.4, 0.5) is 0 Å². The molecule has 0 saturated carbocycles. The van der Waals surface area contributed by atoms with Gasteiger partial charge in [0.25, 0.3) is 0 Å². The van der Waals surface area contributed by atoms with Crippen molar-refractivity contribution in [2.45, 2.75) is 32.7 Å². The number of aliphatic hydroxyl groups excluding tert-OH is 1. The second kappa shape index (κ2) is 5.73. The SMILES string of the molecule is Cc1cccc(Cc2nnc(C(N)(CO)C(C)C)o2)c1. The molecular formula is C15H21N3O2. The molecular weight excluding hydrogens is 254 g/mol. The lowest BCUT2D eigenvalue weighted by atomic mass is 9.88. The molecule has 0 aliphatic rings. The third-order valence-corrected chi connectivity index (χ3v) is 3.59. The first-order valence-electron chi connectivity index (χ1n) is 6.74. The van der Waals surface area contributed by atoms with Crippen molar-refractivity contribution in [3.63, 3.8) is 0 Å². The fourth-order valence-electron chi connectivity index (χ4n) is 2.01. The van der Waals surface area contributed by atoms with Gasteiger partial charge in [-0.05, 0) is 18.4 Å². The Bertz CT molecular complexity index is 580. The molecule has 0 radical (unpaired) electrons. The average Bonchev–Trinajstić information content (AvgIpc) is 2.86. The zero-order chi connectivity index (χ0) is 14.8. The average molecular weight is 275 g/mol. The molecule has 0 spiro atoms. The quantitative estimate of drug-likeness (QED) is 0.868. The van der Waals surface area contributed by atoms with Gasteiger partial charge in [-0.15, -0.1) is 10.2 Å². The largest absolute Gasteiger partial charge is 0.423 e. The summed E-state index contributed by atoms with van der Waals surface area (Å²) < 4.78 is 5.64. The number of nitrogens with two attached hydrogens (primary N) is 1. The van der Waals surface area contributed by atoms with Crippen LogP contribution in [0.25, 0.3) is 0 Å². The van der Waals surface area contributed by atoms with Gasteiger partial charge in [0.2, 0.25) is 11.8 Å². The zero-order valence-electron chi connectivity index (χ0n) is 12.1. The first kappa shape index (κ1) is 14.7. The lowest BCUT2D eigenvalue weighted by Crippen LogP contribution is -2.45. The fourth-order valence-corrected chi connectivity index (χ4v) is 2.01. The molecule has 0 aliphatic carbocycles. The fraction of sp³-hybridized carbons (Fsp3) is 0.467. The van der Waals surface area contributed by atoms with E-state index in [-0.39, 0.29) is 18.4 Å². The normalized spacial score (nSPS) is 14.5. The summed E-state index contributed by atoms with van der Waals surface area (Å²) in [5.74, 6) is 0.798. The van der Waals surface area contributed by atoms with Crippen molar-refractivity contribution in [2.75, 3.05) is 6.61 Å². The molecule has 3 N–H and O–H groups in total. The Labute approximate surface area is 118 Å². The summed E-state index contributed by atoms with van der Waals surface area (Å²) in [5.41, 5.74) is 7.45. The summed E-state index contributed by atoms with van der Waals surface area (Å²) in [7, 11) is 0. The molecule has 0 aliphatic heterocycles. The molecule has 0 saturated heterocycles. The molecule has 2 aromatic rings. The van der Waals surface area contributed by atoms with Gasteiger partial charge in [0.1, 0.15) is 5.54 Å². The second-order valence-electron chi connectivity index (χ2n) is 5.52. The molecule has 20 heavy (non-hydrogen) atoms. The summed E-state index contributed by atoms with van der Waals surface area (Å²) in [5, 5.41) is 17.5. The van der Waals surface area contributed by atoms with Gasteiger partial charge in [-0.3, -0.25) is 0 Å². The summed E-state index contributed by atoms with van der Waals surface area (Å²) in [6.45, 7) is 5.65. The maximum atomic E-state index is 9.49. The van der Waals surface area contributed by atoms with Gasteiger partial charge in [-0.2, -0.15) is 0 Å². The van der Waals surface area contributed by atoms with E-state index in [4.69, 9.17) is 10.2 Å². The van der Waals surface area contributed by atoms with E-state index in [9.17, 15) is 5.11 Å². The summed E-state index contributed by atoms with van der Waals surface area (Å²) in [4.78, 5) is 0. The number of aryl methyl sites for hydroxylation is 1. The number of nitrogens with zero attached hydrogens (tertiary/aromatic N) is 2. The van der Waals surface area contributed by atoms with E-state index < -0.39 is 5.54 Å². The van der Waals surface area contributed by atoms with E-state index in [1.165, 1.54) is 5.56 Å². The van der Waals surface area contributed by atoms with Gasteiger partial charge in [0.15, 0.2) is 0 Å². The van der Waals surface area contributed by atoms with Crippen LogP contribution in [0, 0.1) is 12.8 Å². The van der Waals surface area contributed by atoms with E-state index in [0.29, 0.717) is 12.3 Å². The molecule has 1 aromatic carbocycles. The molecule has 1 aromatic heterocycles. The number of aromatic nitrogens is 2. The third kappa shape index (κ3) is 2.89. The minimum Gasteiger partial charge on any atom is -0.423 e. The number of hydrogen-bond donors (Lipinski definition) is 2. The molecule has 108 valence electrons. The molecule has 0 fully saturated rings. The van der Waals surface area contributed by atoms with Crippen molar-refractivity contribution >= 4 is 0 Å². The number of hydrogen-bond acceptors (Lipinski definition) is 5. The van der Waals surface area contributed by atoms with Gasteiger partial charge < -0.3 is 15.3 Å². The number of aliphatic hydroxyl groups is 1. The topological polar surface area (TPSA) is 85.2 Å². The monoisotopic (exact) mass is 275 g/mol. The van der Waals surface area contributed by atoms with Gasteiger partial charge in [-0.25, -0.2) is 0 Å².